The molecule has 2 N–H and O–H groups in total. The predicted octanol–water partition coefficient (Wildman–Crippen LogP) is 3.99. The van der Waals surface area contributed by atoms with E-state index in [0.717, 1.165) is 11.1 Å². The Balaban J connectivity index is 1.83. The van der Waals surface area contributed by atoms with E-state index in [2.05, 4.69) is 20.6 Å². The second kappa shape index (κ2) is 10.2. The van der Waals surface area contributed by atoms with Gasteiger partial charge in [0.05, 0.1) is 11.4 Å². The molecule has 0 fully saturated rings. The summed E-state index contributed by atoms with van der Waals surface area (Å²) in [6, 6.07) is 9.41. The van der Waals surface area contributed by atoms with Crippen molar-refractivity contribution in [1.82, 2.24) is 0 Å². The van der Waals surface area contributed by atoms with Crippen LogP contribution in [-0.4, -0.2) is 31.1 Å². The second-order valence-corrected chi connectivity index (χ2v) is 5.64. The zero-order valence-corrected chi connectivity index (χ0v) is 15.5. The van der Waals surface area contributed by atoms with Gasteiger partial charge < -0.3 is 9.47 Å². The van der Waals surface area contributed by atoms with Crippen molar-refractivity contribution in [3.8, 4) is 0 Å². The number of isocyanates is 2. The summed E-state index contributed by atoms with van der Waals surface area (Å²) in [6.45, 7) is 2.84. The van der Waals surface area contributed by atoms with Gasteiger partial charge >= 0.3 is 12.2 Å². The Morgan fingerprint density at radius 2 is 1.24 bits per heavy atom. The maximum absolute atomic E-state index is 11.8. The van der Waals surface area contributed by atoms with Gasteiger partial charge in [0, 0.05) is 11.4 Å². The summed E-state index contributed by atoms with van der Waals surface area (Å²) in [5.74, 6) is 0. The zero-order chi connectivity index (χ0) is 21.2. The van der Waals surface area contributed by atoms with Crippen molar-refractivity contribution >= 4 is 47.1 Å². The molecule has 2 aromatic rings. The van der Waals surface area contributed by atoms with Crippen molar-refractivity contribution in [2.24, 2.45) is 9.98 Å². The van der Waals surface area contributed by atoms with Crippen LogP contribution in [0.25, 0.3) is 0 Å². The Hall–Kier alpha value is -4.26. The van der Waals surface area contributed by atoms with Crippen LogP contribution in [0.3, 0.4) is 0 Å². The smallest absolute Gasteiger partial charge is 0.411 e. The summed E-state index contributed by atoms with van der Waals surface area (Å²) in [4.78, 5) is 51.3. The molecule has 29 heavy (non-hydrogen) atoms. The SMILES string of the molecule is Cc1ccc(NC(=O)OCOC(=O)Nc2ccc(C)c(N=C=O)c2)cc1N=C=O. The monoisotopic (exact) mass is 396 g/mol. The number of nitrogens with one attached hydrogen (secondary N) is 2. The average Bonchev–Trinajstić information content (AvgIpc) is 2.67. The molecule has 2 aromatic carbocycles. The molecular weight excluding hydrogens is 380 g/mol. The van der Waals surface area contributed by atoms with Crippen LogP contribution < -0.4 is 10.6 Å². The Morgan fingerprint density at radius 1 is 0.828 bits per heavy atom. The van der Waals surface area contributed by atoms with Gasteiger partial charge in [0.1, 0.15) is 0 Å². The van der Waals surface area contributed by atoms with Gasteiger partial charge in [-0.3, -0.25) is 10.6 Å². The first-order chi connectivity index (χ1) is 13.9. The third-order valence-electron chi connectivity index (χ3n) is 3.62. The molecule has 0 saturated heterocycles. The van der Waals surface area contributed by atoms with Crippen molar-refractivity contribution in [3.63, 3.8) is 0 Å². The molecule has 0 saturated carbocycles. The molecule has 10 heteroatoms. The molecule has 0 aromatic heterocycles. The summed E-state index contributed by atoms with van der Waals surface area (Å²) in [6.07, 6.45) is 1.11. The first kappa shape index (κ1) is 21.0. The van der Waals surface area contributed by atoms with Crippen LogP contribution in [0, 0.1) is 13.8 Å². The van der Waals surface area contributed by atoms with Gasteiger partial charge in [-0.1, -0.05) is 12.1 Å². The molecule has 0 atom stereocenters. The van der Waals surface area contributed by atoms with E-state index in [-0.39, 0.29) is 0 Å². The summed E-state index contributed by atoms with van der Waals surface area (Å²) >= 11 is 0. The van der Waals surface area contributed by atoms with Crippen LogP contribution in [0.2, 0.25) is 0 Å². The second-order valence-electron chi connectivity index (χ2n) is 5.64. The number of hydrogen-bond donors (Lipinski definition) is 2. The van der Waals surface area contributed by atoms with E-state index in [9.17, 15) is 19.2 Å². The fourth-order valence-corrected chi connectivity index (χ4v) is 2.16. The highest BCUT2D eigenvalue weighted by Crippen LogP contribution is 2.23. The van der Waals surface area contributed by atoms with E-state index < -0.39 is 19.0 Å². The fourth-order valence-electron chi connectivity index (χ4n) is 2.16. The van der Waals surface area contributed by atoms with Crippen molar-refractivity contribution in [1.29, 1.82) is 0 Å². The van der Waals surface area contributed by atoms with E-state index in [4.69, 9.17) is 9.47 Å². The molecule has 2 rings (SSSR count). The summed E-state index contributed by atoms with van der Waals surface area (Å²) < 4.78 is 9.51. The van der Waals surface area contributed by atoms with Crippen molar-refractivity contribution in [2.45, 2.75) is 13.8 Å². The number of hydrogen-bond acceptors (Lipinski definition) is 8. The molecule has 148 valence electrons. The van der Waals surface area contributed by atoms with Gasteiger partial charge in [0.15, 0.2) is 0 Å². The van der Waals surface area contributed by atoms with Crippen LogP contribution >= 0.6 is 0 Å². The highest BCUT2D eigenvalue weighted by molar-refractivity contribution is 5.87. The molecule has 0 heterocycles. The van der Waals surface area contributed by atoms with Crippen molar-refractivity contribution in [2.75, 3.05) is 17.4 Å². The number of anilines is 2. The fraction of sp³-hybridized carbons (Fsp3) is 0.158. The third-order valence-corrected chi connectivity index (χ3v) is 3.62. The Bertz CT molecular complexity index is 942. The van der Waals surface area contributed by atoms with E-state index in [1.54, 1.807) is 38.1 Å². The lowest BCUT2D eigenvalue weighted by Gasteiger charge is -2.10. The molecule has 0 radical (unpaired) electrons. The topological polar surface area (TPSA) is 136 Å². The molecule has 2 amide bonds. The predicted molar refractivity (Wildman–Crippen MR) is 103 cm³/mol. The standard InChI is InChI=1S/C19H16N4O6/c1-12-3-5-14(7-16(12)20-9-24)22-18(26)28-11-29-19(27)23-15-6-4-13(2)17(8-15)21-10-25/h3-8H,11H2,1-2H3,(H,22,26)(H,23,27). The van der Waals surface area contributed by atoms with Gasteiger partial charge in [-0.25, -0.2) is 19.2 Å². The van der Waals surface area contributed by atoms with Crippen LogP contribution in [0.1, 0.15) is 11.1 Å². The number of benzene rings is 2. The van der Waals surface area contributed by atoms with Crippen LogP contribution in [-0.2, 0) is 19.1 Å². The van der Waals surface area contributed by atoms with Crippen LogP contribution in [0.15, 0.2) is 46.4 Å². The minimum Gasteiger partial charge on any atom is -0.411 e. The first-order valence-electron chi connectivity index (χ1n) is 8.17. The quantitative estimate of drug-likeness (QED) is 0.430. The highest BCUT2D eigenvalue weighted by atomic mass is 16.7. The zero-order valence-electron chi connectivity index (χ0n) is 15.5. The van der Waals surface area contributed by atoms with Crippen molar-refractivity contribution in [3.05, 3.63) is 47.5 Å². The van der Waals surface area contributed by atoms with Gasteiger partial charge in [0.2, 0.25) is 19.0 Å². The van der Waals surface area contributed by atoms with E-state index in [0.29, 0.717) is 22.7 Å². The lowest BCUT2D eigenvalue weighted by molar-refractivity contribution is 0.0369. The lowest BCUT2D eigenvalue weighted by Crippen LogP contribution is -2.20. The molecule has 0 aliphatic carbocycles. The molecule has 0 aliphatic heterocycles. The number of carbonyl (C=O) groups excluding carboxylic acids is 4. The van der Waals surface area contributed by atoms with E-state index in [1.807, 2.05) is 0 Å². The van der Waals surface area contributed by atoms with Gasteiger partial charge in [-0.05, 0) is 49.2 Å². The maximum Gasteiger partial charge on any atom is 0.414 e. The first-order valence-corrected chi connectivity index (χ1v) is 8.17. The number of nitrogens with zero attached hydrogens (tertiary/aromatic N) is 2. The Labute approximate surface area is 165 Å². The number of carbonyl (C=O) groups is 2. The molecule has 0 aliphatic rings. The maximum atomic E-state index is 11.8. The normalized spacial score (nSPS) is 9.45. The Kier molecular flexibility index (Phi) is 7.38. The van der Waals surface area contributed by atoms with Gasteiger partial charge in [-0.15, -0.1) is 0 Å². The minimum atomic E-state index is -0.874. The number of ether oxygens (including phenoxy) is 2. The van der Waals surface area contributed by atoms with E-state index >= 15 is 0 Å². The molecule has 10 nitrogen and oxygen atoms in total. The average molecular weight is 396 g/mol. The van der Waals surface area contributed by atoms with E-state index in [1.165, 1.54) is 24.3 Å². The van der Waals surface area contributed by atoms with Crippen LogP contribution in [0.4, 0.5) is 32.3 Å². The molecule has 0 bridgehead atoms. The number of rotatable bonds is 6. The number of aliphatic imine (C=N–C) groups is 2. The third kappa shape index (κ3) is 6.44. The number of amides is 2. The minimum absolute atomic E-state index is 0.335. The lowest BCUT2D eigenvalue weighted by atomic mass is 10.2. The van der Waals surface area contributed by atoms with Gasteiger partial charge in [0.25, 0.3) is 0 Å². The highest BCUT2D eigenvalue weighted by Gasteiger charge is 2.09. The summed E-state index contributed by atoms with van der Waals surface area (Å²) in [7, 11) is 0. The molecule has 0 spiro atoms. The summed E-state index contributed by atoms with van der Waals surface area (Å²) in [5.41, 5.74) is 2.83. The molecule has 0 unspecified atom stereocenters. The molecular formula is C19H16N4O6. The van der Waals surface area contributed by atoms with Crippen LogP contribution in [0.5, 0.6) is 0 Å². The van der Waals surface area contributed by atoms with Gasteiger partial charge in [-0.2, -0.15) is 9.98 Å². The Morgan fingerprint density at radius 3 is 1.62 bits per heavy atom. The summed E-state index contributed by atoms with van der Waals surface area (Å²) in [5, 5.41) is 4.81. The number of aryl methyl sites for hydroxylation is 2. The largest absolute Gasteiger partial charge is 0.414 e. The van der Waals surface area contributed by atoms with Crippen molar-refractivity contribution < 1.29 is 28.7 Å².